The number of hydrogen-bond donors (Lipinski definition) is 2. The van der Waals surface area contributed by atoms with Crippen molar-refractivity contribution in [1.29, 1.82) is 0 Å². The molecule has 1 saturated heterocycles. The Kier molecular flexibility index (Phi) is 6.12. The summed E-state index contributed by atoms with van der Waals surface area (Å²) in [7, 11) is 1.65. The molecule has 1 fully saturated rings. The highest BCUT2D eigenvalue weighted by atomic mass is 16.6. The zero-order valence-corrected chi connectivity index (χ0v) is 18.7. The number of cyclic esters (lactones) is 1. The van der Waals surface area contributed by atoms with Gasteiger partial charge in [0.25, 0.3) is 5.56 Å². The lowest BCUT2D eigenvalue weighted by Crippen LogP contribution is -2.28. The van der Waals surface area contributed by atoms with Crippen molar-refractivity contribution in [2.75, 3.05) is 49.6 Å². The smallest absolute Gasteiger partial charge is 0.415 e. The molecule has 0 saturated carbocycles. The van der Waals surface area contributed by atoms with Crippen LogP contribution in [-0.4, -0.2) is 71.1 Å². The fraction of sp³-hybridized carbons (Fsp3) is 0.409. The number of anilines is 2. The number of amides is 1. The van der Waals surface area contributed by atoms with Gasteiger partial charge in [-0.3, -0.25) is 14.3 Å². The Morgan fingerprint density at radius 2 is 2.12 bits per heavy atom. The van der Waals surface area contributed by atoms with Gasteiger partial charge in [0.2, 0.25) is 5.88 Å². The van der Waals surface area contributed by atoms with Crippen molar-refractivity contribution < 1.29 is 19.0 Å². The number of nitrogens with zero attached hydrogens (tertiary/aromatic N) is 5. The number of carbonyl (C=O) groups excluding carboxylic acids is 1. The van der Waals surface area contributed by atoms with Gasteiger partial charge in [0, 0.05) is 19.7 Å². The van der Waals surface area contributed by atoms with E-state index in [0.29, 0.717) is 80.2 Å². The quantitative estimate of drug-likeness (QED) is 0.461. The second-order valence-electron chi connectivity index (χ2n) is 7.94. The zero-order valence-electron chi connectivity index (χ0n) is 18.7. The Hall–Kier alpha value is -3.93. The van der Waals surface area contributed by atoms with E-state index >= 15 is 0 Å². The van der Waals surface area contributed by atoms with Crippen LogP contribution < -0.4 is 30.6 Å². The molecule has 0 spiro atoms. The number of aromatic nitrogens is 4. The van der Waals surface area contributed by atoms with Gasteiger partial charge in [-0.1, -0.05) is 0 Å². The van der Waals surface area contributed by atoms with Crippen LogP contribution in [0.2, 0.25) is 0 Å². The van der Waals surface area contributed by atoms with Gasteiger partial charge in [-0.15, -0.1) is 0 Å². The normalized spacial score (nSPS) is 17.1. The summed E-state index contributed by atoms with van der Waals surface area (Å²) in [4.78, 5) is 38.7. The van der Waals surface area contributed by atoms with Crippen LogP contribution in [0, 0.1) is 0 Å². The third-order valence-corrected chi connectivity index (χ3v) is 5.61. The van der Waals surface area contributed by atoms with E-state index in [1.54, 1.807) is 19.2 Å². The van der Waals surface area contributed by atoms with Gasteiger partial charge in [-0.2, -0.15) is 4.98 Å². The molecule has 3 aromatic heterocycles. The van der Waals surface area contributed by atoms with E-state index < -0.39 is 6.09 Å². The largest absolute Gasteiger partial charge is 0.488 e. The summed E-state index contributed by atoms with van der Waals surface area (Å²) >= 11 is 0. The van der Waals surface area contributed by atoms with E-state index in [1.807, 2.05) is 6.07 Å². The lowest BCUT2D eigenvalue weighted by Gasteiger charge is -2.20. The van der Waals surface area contributed by atoms with Gasteiger partial charge in [-0.05, 0) is 31.2 Å². The van der Waals surface area contributed by atoms with Gasteiger partial charge < -0.3 is 24.8 Å². The monoisotopic (exact) mass is 467 g/mol. The molecule has 0 aromatic carbocycles. The van der Waals surface area contributed by atoms with Crippen molar-refractivity contribution in [1.82, 2.24) is 24.8 Å². The molecule has 1 atom stereocenters. The summed E-state index contributed by atoms with van der Waals surface area (Å²) in [6.07, 6.45) is 1.57. The lowest BCUT2D eigenvalue weighted by atomic mass is 10.2. The van der Waals surface area contributed by atoms with E-state index in [2.05, 4.69) is 25.6 Å². The molecule has 0 aliphatic carbocycles. The van der Waals surface area contributed by atoms with Crippen molar-refractivity contribution in [2.24, 2.45) is 7.05 Å². The molecule has 0 bridgehead atoms. The Balaban J connectivity index is 1.06. The van der Waals surface area contributed by atoms with Crippen LogP contribution in [0.15, 0.2) is 35.3 Å². The van der Waals surface area contributed by atoms with E-state index in [1.165, 1.54) is 21.7 Å². The first-order chi connectivity index (χ1) is 16.6. The topological polar surface area (TPSA) is 133 Å². The summed E-state index contributed by atoms with van der Waals surface area (Å²) in [6, 6.07) is 6.67. The minimum Gasteiger partial charge on any atom is -0.488 e. The van der Waals surface area contributed by atoms with E-state index in [9.17, 15) is 9.59 Å². The van der Waals surface area contributed by atoms with Crippen molar-refractivity contribution in [2.45, 2.75) is 12.5 Å². The number of ether oxygens (including phenoxy) is 3. The van der Waals surface area contributed by atoms with Gasteiger partial charge in [0.05, 0.1) is 19.3 Å². The summed E-state index contributed by atoms with van der Waals surface area (Å²) in [6.45, 7) is 3.33. The average molecular weight is 467 g/mol. The SMILES string of the molecule is Cn1c(=O)ccc2ncc(OCCNCCC3CN(c4ccc5c(n4)NCCO5)C(=O)O3)nc21. The van der Waals surface area contributed by atoms with Crippen LogP contribution in [0.25, 0.3) is 11.2 Å². The molecule has 5 heterocycles. The molecule has 34 heavy (non-hydrogen) atoms. The van der Waals surface area contributed by atoms with Crippen molar-refractivity contribution in [3.8, 4) is 11.6 Å². The second-order valence-corrected chi connectivity index (χ2v) is 7.94. The number of aryl methyl sites for hydroxylation is 1. The van der Waals surface area contributed by atoms with Gasteiger partial charge in [-0.25, -0.2) is 14.8 Å². The summed E-state index contributed by atoms with van der Waals surface area (Å²) in [5, 5.41) is 6.44. The lowest BCUT2D eigenvalue weighted by molar-refractivity contribution is 0.136. The Bertz CT molecular complexity index is 1260. The van der Waals surface area contributed by atoms with Crippen LogP contribution in [0.3, 0.4) is 0 Å². The molecule has 1 amide bonds. The molecule has 2 aliphatic rings. The van der Waals surface area contributed by atoms with Crippen molar-refractivity contribution in [3.63, 3.8) is 0 Å². The highest BCUT2D eigenvalue weighted by Gasteiger charge is 2.33. The number of fused-ring (bicyclic) bond motifs is 2. The Morgan fingerprint density at radius 3 is 3.03 bits per heavy atom. The molecule has 5 rings (SSSR count). The summed E-state index contributed by atoms with van der Waals surface area (Å²) in [5.74, 6) is 2.22. The first-order valence-corrected chi connectivity index (χ1v) is 11.1. The van der Waals surface area contributed by atoms with Gasteiger partial charge >= 0.3 is 6.09 Å². The summed E-state index contributed by atoms with van der Waals surface area (Å²) < 4.78 is 18.1. The number of carbonyl (C=O) groups is 1. The van der Waals surface area contributed by atoms with Gasteiger partial charge in [0.1, 0.15) is 30.7 Å². The number of hydrogen-bond acceptors (Lipinski definition) is 10. The molecule has 3 aromatic rings. The molecule has 12 heteroatoms. The molecule has 1 unspecified atom stereocenters. The maximum absolute atomic E-state index is 12.3. The molecule has 2 N–H and O–H groups in total. The highest BCUT2D eigenvalue weighted by molar-refractivity contribution is 5.89. The predicted molar refractivity (Wildman–Crippen MR) is 124 cm³/mol. The minimum atomic E-state index is -0.401. The molecular formula is C22H25N7O5. The molecule has 2 aliphatic heterocycles. The first-order valence-electron chi connectivity index (χ1n) is 11.1. The fourth-order valence-corrected chi connectivity index (χ4v) is 3.81. The zero-order chi connectivity index (χ0) is 23.5. The van der Waals surface area contributed by atoms with Crippen LogP contribution in [0.5, 0.6) is 11.6 Å². The van der Waals surface area contributed by atoms with Crippen LogP contribution >= 0.6 is 0 Å². The van der Waals surface area contributed by atoms with E-state index in [0.717, 1.165) is 0 Å². The third kappa shape index (κ3) is 4.57. The molecule has 12 nitrogen and oxygen atoms in total. The van der Waals surface area contributed by atoms with Crippen LogP contribution in [-0.2, 0) is 11.8 Å². The Morgan fingerprint density at radius 1 is 1.21 bits per heavy atom. The maximum Gasteiger partial charge on any atom is 0.415 e. The van der Waals surface area contributed by atoms with Gasteiger partial charge in [0.15, 0.2) is 17.2 Å². The average Bonchev–Trinajstić information content (AvgIpc) is 3.23. The minimum absolute atomic E-state index is 0.153. The fourth-order valence-electron chi connectivity index (χ4n) is 3.81. The van der Waals surface area contributed by atoms with Crippen LogP contribution in [0.4, 0.5) is 16.4 Å². The second kappa shape index (κ2) is 9.51. The van der Waals surface area contributed by atoms with E-state index in [4.69, 9.17) is 14.2 Å². The third-order valence-electron chi connectivity index (χ3n) is 5.61. The number of nitrogens with one attached hydrogen (secondary N) is 2. The molecular weight excluding hydrogens is 442 g/mol. The van der Waals surface area contributed by atoms with E-state index in [-0.39, 0.29) is 11.7 Å². The molecule has 0 radical (unpaired) electrons. The predicted octanol–water partition coefficient (Wildman–Crippen LogP) is 0.912. The first kappa shape index (κ1) is 21.9. The molecule has 178 valence electrons. The van der Waals surface area contributed by atoms with Crippen molar-refractivity contribution >= 4 is 28.9 Å². The maximum atomic E-state index is 12.3. The standard InChI is InChI=1S/C22H25N7O5/c1-28-19(30)5-2-15-21(28)27-18(12-25-15)33-10-8-23-7-6-14-13-29(22(31)34-14)17-4-3-16-20(26-17)24-9-11-32-16/h2-5,12,14,23H,6-11,13H2,1H3,(H,24,26). The highest BCUT2D eigenvalue weighted by Crippen LogP contribution is 2.30. The number of rotatable bonds is 8. The van der Waals surface area contributed by atoms with Crippen molar-refractivity contribution in [3.05, 3.63) is 40.8 Å². The summed E-state index contributed by atoms with van der Waals surface area (Å²) in [5.41, 5.74) is 0.949. The number of pyridine rings is 2. The Labute approximate surface area is 194 Å². The van der Waals surface area contributed by atoms with Crippen LogP contribution in [0.1, 0.15) is 6.42 Å².